The number of carboxylic acid groups (broad SMARTS) is 2. The Hall–Kier alpha value is -5.06. The Kier molecular flexibility index (Phi) is 31.9. The minimum Gasteiger partial charge on any atom is -0.480 e. The second-order valence-corrected chi connectivity index (χ2v) is 23.0. The van der Waals surface area contributed by atoms with Crippen molar-refractivity contribution in [1.29, 1.82) is 0 Å². The number of anilines is 2. The second kappa shape index (κ2) is 37.9. The summed E-state index contributed by atoms with van der Waals surface area (Å²) in [5.41, 5.74) is 2.71. The fraction of sp³-hybridized carbons (Fsp3) is 0.631. The minimum atomic E-state index is -0.696. The zero-order valence-corrected chi connectivity index (χ0v) is 51.5. The molecule has 80 heavy (non-hydrogen) atoms. The first-order valence-electron chi connectivity index (χ1n) is 30.6. The average molecular weight is 1120 g/mol. The smallest absolute Gasteiger partial charge is 0.321 e. The molecule has 0 amide bonds. The molecule has 5 aliphatic rings. The molecule has 14 nitrogen and oxygen atoms in total. The second-order valence-electron chi connectivity index (χ2n) is 22.2. The summed E-state index contributed by atoms with van der Waals surface area (Å²) in [6.45, 7) is 33.3. The van der Waals surface area contributed by atoms with Gasteiger partial charge in [-0.1, -0.05) is 137 Å². The number of allylic oxidation sites excluding steroid dienone is 2. The number of likely N-dealkylation sites (tertiary alicyclic amines) is 4. The number of hydrogen-bond acceptors (Lipinski definition) is 13. The highest BCUT2D eigenvalue weighted by Crippen LogP contribution is 2.39. The van der Waals surface area contributed by atoms with Crippen molar-refractivity contribution in [3.05, 3.63) is 121 Å². The van der Waals surface area contributed by atoms with E-state index in [1.165, 1.54) is 62.7 Å². The highest BCUT2D eigenvalue weighted by Gasteiger charge is 2.45. The lowest BCUT2D eigenvalue weighted by Gasteiger charge is -2.42. The summed E-state index contributed by atoms with van der Waals surface area (Å²) in [5.74, 6) is 1.72. The van der Waals surface area contributed by atoms with Gasteiger partial charge in [0, 0.05) is 94.6 Å². The number of rotatable bonds is 18. The molecule has 9 rings (SSSR count). The van der Waals surface area contributed by atoms with Crippen LogP contribution in [0.4, 0.5) is 11.9 Å². The highest BCUT2D eigenvalue weighted by atomic mass is 32.1. The normalized spacial score (nSPS) is 21.0. The molecule has 5 fully saturated rings. The van der Waals surface area contributed by atoms with Crippen LogP contribution in [0, 0.1) is 11.8 Å². The van der Waals surface area contributed by atoms with E-state index in [9.17, 15) is 19.8 Å². The number of thiophene rings is 1. The molecule has 0 spiro atoms. The van der Waals surface area contributed by atoms with E-state index in [2.05, 4.69) is 138 Å². The van der Waals surface area contributed by atoms with Crippen molar-refractivity contribution in [2.24, 2.45) is 11.8 Å². The molecule has 1 aliphatic carbocycles. The van der Waals surface area contributed by atoms with Crippen LogP contribution in [-0.2, 0) is 9.59 Å². The predicted molar refractivity (Wildman–Crippen MR) is 334 cm³/mol. The van der Waals surface area contributed by atoms with Crippen LogP contribution in [0.1, 0.15) is 162 Å². The summed E-state index contributed by atoms with van der Waals surface area (Å²) in [4.78, 5) is 56.0. The SMILES string of the molecule is C=CC=C.CC.CC(C)C(C(=O)O)N1CC[C@@H](c2ccccc2)C1.CCC.CCCN(c1ncccn1)C1CCN(C)CC1.CCCN(c1ncccn1)C1CCN(C2CN(C(C(=O)O)C3CCCCC3)CC2c2ccsc2)CC1. The van der Waals surface area contributed by atoms with Gasteiger partial charge in [-0.05, 0) is 142 Å². The van der Waals surface area contributed by atoms with Gasteiger partial charge in [-0.25, -0.2) is 19.9 Å². The minimum absolute atomic E-state index is 0.150. The van der Waals surface area contributed by atoms with Gasteiger partial charge in [-0.2, -0.15) is 11.3 Å². The van der Waals surface area contributed by atoms with Gasteiger partial charge < -0.3 is 24.9 Å². The van der Waals surface area contributed by atoms with E-state index in [4.69, 9.17) is 0 Å². The first-order chi connectivity index (χ1) is 38.9. The maximum atomic E-state index is 12.5. The molecule has 0 radical (unpaired) electrons. The van der Waals surface area contributed by atoms with Crippen LogP contribution < -0.4 is 9.80 Å². The van der Waals surface area contributed by atoms with Crippen LogP contribution in [0.2, 0.25) is 0 Å². The molecule has 7 heterocycles. The lowest BCUT2D eigenvalue weighted by atomic mass is 9.83. The number of piperidine rings is 2. The molecule has 4 saturated heterocycles. The molecule has 444 valence electrons. The fourth-order valence-electron chi connectivity index (χ4n) is 12.3. The van der Waals surface area contributed by atoms with Crippen molar-refractivity contribution in [2.75, 3.05) is 82.3 Å². The topological polar surface area (TPSA) is 146 Å². The largest absolute Gasteiger partial charge is 0.480 e. The maximum Gasteiger partial charge on any atom is 0.321 e. The van der Waals surface area contributed by atoms with Gasteiger partial charge in [0.2, 0.25) is 11.9 Å². The molecular formula is C65H104N10O4S. The van der Waals surface area contributed by atoms with E-state index in [1.54, 1.807) is 23.5 Å². The van der Waals surface area contributed by atoms with Crippen molar-refractivity contribution >= 4 is 35.2 Å². The van der Waals surface area contributed by atoms with Crippen molar-refractivity contribution in [2.45, 2.75) is 181 Å². The molecule has 4 aliphatic heterocycles. The number of nitrogens with zero attached hydrogens (tertiary/aromatic N) is 10. The summed E-state index contributed by atoms with van der Waals surface area (Å²) in [6.07, 6.45) is 25.5. The average Bonchev–Trinajstić information content (AvgIpc) is 4.30. The number of aromatic nitrogens is 4. The molecule has 15 heteroatoms. The zero-order valence-electron chi connectivity index (χ0n) is 50.7. The van der Waals surface area contributed by atoms with Crippen LogP contribution >= 0.6 is 11.3 Å². The summed E-state index contributed by atoms with van der Waals surface area (Å²) >= 11 is 1.75. The molecule has 4 unspecified atom stereocenters. The van der Waals surface area contributed by atoms with Crippen LogP contribution in [0.5, 0.6) is 0 Å². The van der Waals surface area contributed by atoms with Gasteiger partial charge >= 0.3 is 11.9 Å². The van der Waals surface area contributed by atoms with Crippen molar-refractivity contribution < 1.29 is 19.8 Å². The standard InChI is InChI=1S/C28H41N5O2S.C15H21NO2.C13H22N4.C4H6.C3H8.C2H6/c1-2-14-33(28-29-12-6-13-30-28)23-9-15-31(16-10-23)25-19-32(18-24(25)22-11-17-36-20-22)26(27(34)35)21-7-4-3-5-8-21;1-11(2)14(15(17)18)16-9-8-13(10-16)12-6-4-3-5-7-12;1-3-9-17(13-14-7-4-8-15-13)12-5-10-16(2)11-6-12;1-3-4-2;1-3-2;1-2/h6,11-13,17,20-21,23-26H,2-5,7-10,14-16,18-19H2,1H3,(H,34,35);3-7,11,13-14H,8-10H2,1-2H3,(H,17,18);4,7-8,12H,3,5-6,9-11H2,1-2H3;3-4H,1-2H2;3H2,1-2H3;1-2H3/t;13-,14?;;;;/m.1..../s1. The van der Waals surface area contributed by atoms with E-state index in [0.717, 1.165) is 109 Å². The maximum absolute atomic E-state index is 12.5. The van der Waals surface area contributed by atoms with Gasteiger partial charge in [0.25, 0.3) is 0 Å². The molecule has 2 N–H and O–H groups in total. The van der Waals surface area contributed by atoms with Gasteiger partial charge in [-0.15, -0.1) is 0 Å². The van der Waals surface area contributed by atoms with Gasteiger partial charge in [0.1, 0.15) is 12.1 Å². The zero-order chi connectivity index (χ0) is 58.2. The Balaban J connectivity index is 0.000000262. The number of carbonyl (C=O) groups is 2. The van der Waals surface area contributed by atoms with Crippen molar-refractivity contribution in [3.63, 3.8) is 0 Å². The number of carboxylic acids is 2. The van der Waals surface area contributed by atoms with Crippen molar-refractivity contribution in [1.82, 2.24) is 39.5 Å². The van der Waals surface area contributed by atoms with E-state index in [1.807, 2.05) is 70.7 Å². The molecule has 5 atom stereocenters. The summed E-state index contributed by atoms with van der Waals surface area (Å²) in [7, 11) is 2.19. The third kappa shape index (κ3) is 21.0. The van der Waals surface area contributed by atoms with E-state index in [0.29, 0.717) is 30.0 Å². The van der Waals surface area contributed by atoms with Gasteiger partial charge in [0.15, 0.2) is 0 Å². The fourth-order valence-corrected chi connectivity index (χ4v) is 13.0. The number of aliphatic carboxylic acids is 2. The first kappa shape index (κ1) is 67.4. The Bertz CT molecular complexity index is 2230. The first-order valence-corrected chi connectivity index (χ1v) is 31.6. The van der Waals surface area contributed by atoms with Crippen LogP contribution in [0.15, 0.2) is 109 Å². The van der Waals surface area contributed by atoms with Gasteiger partial charge in [-0.3, -0.25) is 24.3 Å². The quantitative estimate of drug-likeness (QED) is 0.0911. The monoisotopic (exact) mass is 1120 g/mol. The molecule has 4 aromatic rings. The summed E-state index contributed by atoms with van der Waals surface area (Å²) in [6, 6.07) is 17.1. The molecule has 0 bridgehead atoms. The third-order valence-electron chi connectivity index (χ3n) is 16.1. The Morgan fingerprint density at radius 2 is 1.19 bits per heavy atom. The van der Waals surface area contributed by atoms with Crippen LogP contribution in [-0.4, -0.2) is 164 Å². The lowest BCUT2D eigenvalue weighted by molar-refractivity contribution is -0.146. The van der Waals surface area contributed by atoms with Gasteiger partial charge in [0.05, 0.1) is 0 Å². The predicted octanol–water partition coefficient (Wildman–Crippen LogP) is 12.9. The number of benzene rings is 1. The Labute approximate surface area is 487 Å². The lowest BCUT2D eigenvalue weighted by Crippen LogP contribution is -2.51. The van der Waals surface area contributed by atoms with Crippen molar-refractivity contribution in [3.8, 4) is 0 Å². The molecule has 1 saturated carbocycles. The Morgan fingerprint density at radius 3 is 1.64 bits per heavy atom. The molecule has 1 aromatic carbocycles. The van der Waals surface area contributed by atoms with Crippen LogP contribution in [0.3, 0.4) is 0 Å². The molecule has 3 aromatic heterocycles. The summed E-state index contributed by atoms with van der Waals surface area (Å²) in [5, 5.41) is 24.0. The third-order valence-corrected chi connectivity index (χ3v) is 16.8. The molecular weight excluding hydrogens is 1020 g/mol. The Morgan fingerprint density at radius 1 is 0.662 bits per heavy atom. The van der Waals surface area contributed by atoms with E-state index in [-0.39, 0.29) is 23.9 Å². The summed E-state index contributed by atoms with van der Waals surface area (Å²) < 4.78 is 0. The highest BCUT2D eigenvalue weighted by molar-refractivity contribution is 7.08. The van der Waals surface area contributed by atoms with E-state index >= 15 is 0 Å². The van der Waals surface area contributed by atoms with E-state index < -0.39 is 11.9 Å². The van der Waals surface area contributed by atoms with Crippen LogP contribution in [0.25, 0.3) is 0 Å². The number of hydrogen-bond donors (Lipinski definition) is 2.